The van der Waals surface area contributed by atoms with Crippen molar-refractivity contribution in [3.05, 3.63) is 35.9 Å². The van der Waals surface area contributed by atoms with Crippen LogP contribution in [0.3, 0.4) is 0 Å². The van der Waals surface area contributed by atoms with E-state index in [0.717, 1.165) is 5.56 Å². The molecule has 0 heterocycles. The Morgan fingerprint density at radius 3 is 2.00 bits per heavy atom. The lowest BCUT2D eigenvalue weighted by Crippen LogP contribution is -2.51. The quantitative estimate of drug-likeness (QED) is 0.233. The summed E-state index contributed by atoms with van der Waals surface area (Å²) in [4.78, 5) is 57.3. The molecule has 0 aliphatic rings. The number of amides is 4. The maximum absolute atomic E-state index is 12.3. The van der Waals surface area contributed by atoms with Crippen molar-refractivity contribution < 1.29 is 29.1 Å². The van der Waals surface area contributed by atoms with Crippen molar-refractivity contribution >= 4 is 29.6 Å². The summed E-state index contributed by atoms with van der Waals surface area (Å²) in [6.07, 6.45) is 0.206. The second-order valence-electron chi connectivity index (χ2n) is 5.68. The van der Waals surface area contributed by atoms with Crippen molar-refractivity contribution in [3.63, 3.8) is 0 Å². The van der Waals surface area contributed by atoms with E-state index in [4.69, 9.17) is 10.8 Å². The third kappa shape index (κ3) is 9.29. The zero-order valence-corrected chi connectivity index (χ0v) is 15.1. The van der Waals surface area contributed by atoms with Gasteiger partial charge in [0.05, 0.1) is 19.6 Å². The van der Waals surface area contributed by atoms with Gasteiger partial charge in [-0.3, -0.25) is 24.0 Å². The molecule has 0 spiro atoms. The van der Waals surface area contributed by atoms with Crippen molar-refractivity contribution in [1.29, 1.82) is 0 Å². The Hall–Kier alpha value is -3.47. The number of nitrogens with one attached hydrogen (secondary N) is 4. The SMILES string of the molecule is NCC(=O)N[C@@H](Cc1ccccc1)C(=O)NCC(=O)NCC(=O)NCC(=O)O. The molecule has 0 unspecified atom stereocenters. The van der Waals surface area contributed by atoms with Crippen LogP contribution in [0, 0.1) is 0 Å². The maximum Gasteiger partial charge on any atom is 0.322 e. The zero-order chi connectivity index (χ0) is 20.9. The Labute approximate surface area is 161 Å². The van der Waals surface area contributed by atoms with Crippen LogP contribution in [0.4, 0.5) is 0 Å². The number of nitrogens with two attached hydrogens (primary N) is 1. The zero-order valence-electron chi connectivity index (χ0n) is 15.1. The first-order valence-electron chi connectivity index (χ1n) is 8.38. The largest absolute Gasteiger partial charge is 0.480 e. The van der Waals surface area contributed by atoms with Crippen LogP contribution in [-0.4, -0.2) is 66.9 Å². The van der Waals surface area contributed by atoms with Crippen molar-refractivity contribution in [2.75, 3.05) is 26.2 Å². The molecule has 0 saturated carbocycles. The number of hydrogen-bond donors (Lipinski definition) is 6. The first kappa shape index (κ1) is 22.6. The molecular formula is C17H23N5O6. The summed E-state index contributed by atoms with van der Waals surface area (Å²) < 4.78 is 0. The Bertz CT molecular complexity index is 709. The second-order valence-corrected chi connectivity index (χ2v) is 5.68. The van der Waals surface area contributed by atoms with Crippen LogP contribution in [0.25, 0.3) is 0 Å². The lowest BCUT2D eigenvalue weighted by molar-refractivity contribution is -0.137. The van der Waals surface area contributed by atoms with E-state index in [0.29, 0.717) is 0 Å². The van der Waals surface area contributed by atoms with Gasteiger partial charge in [-0.2, -0.15) is 0 Å². The van der Waals surface area contributed by atoms with Crippen LogP contribution in [0.2, 0.25) is 0 Å². The smallest absolute Gasteiger partial charge is 0.322 e. The van der Waals surface area contributed by atoms with Crippen molar-refractivity contribution in [3.8, 4) is 0 Å². The molecule has 11 nitrogen and oxygen atoms in total. The minimum absolute atomic E-state index is 0.206. The van der Waals surface area contributed by atoms with Crippen LogP contribution in [0.1, 0.15) is 5.56 Å². The number of benzene rings is 1. The molecule has 4 amide bonds. The molecule has 1 aromatic carbocycles. The number of carboxylic acid groups (broad SMARTS) is 1. The first-order chi connectivity index (χ1) is 13.3. The van der Waals surface area contributed by atoms with Gasteiger partial charge in [0, 0.05) is 6.42 Å². The van der Waals surface area contributed by atoms with E-state index in [2.05, 4.69) is 21.3 Å². The number of hydrogen-bond acceptors (Lipinski definition) is 6. The molecule has 0 aliphatic carbocycles. The van der Waals surface area contributed by atoms with Gasteiger partial charge in [0.2, 0.25) is 23.6 Å². The van der Waals surface area contributed by atoms with Gasteiger partial charge in [-0.1, -0.05) is 30.3 Å². The minimum Gasteiger partial charge on any atom is -0.480 e. The van der Waals surface area contributed by atoms with Crippen LogP contribution >= 0.6 is 0 Å². The molecule has 0 aliphatic heterocycles. The minimum atomic E-state index is -1.21. The third-order valence-electron chi connectivity index (χ3n) is 3.43. The van der Waals surface area contributed by atoms with Crippen LogP contribution < -0.4 is 27.0 Å². The summed E-state index contributed by atoms with van der Waals surface area (Å²) in [5, 5.41) is 17.6. The highest BCUT2D eigenvalue weighted by molar-refractivity contribution is 5.92. The van der Waals surface area contributed by atoms with Gasteiger partial charge in [0.15, 0.2) is 0 Å². The summed E-state index contributed by atoms with van der Waals surface area (Å²) in [5.74, 6) is -3.65. The van der Waals surface area contributed by atoms with Crippen molar-refractivity contribution in [2.24, 2.45) is 5.73 Å². The van der Waals surface area contributed by atoms with E-state index in [-0.39, 0.29) is 13.0 Å². The molecule has 1 rings (SSSR count). The fourth-order valence-electron chi connectivity index (χ4n) is 2.08. The molecule has 0 saturated heterocycles. The predicted molar refractivity (Wildman–Crippen MR) is 97.8 cm³/mol. The number of carboxylic acids is 1. The lowest BCUT2D eigenvalue weighted by atomic mass is 10.1. The summed E-state index contributed by atoms with van der Waals surface area (Å²) >= 11 is 0. The Morgan fingerprint density at radius 1 is 0.857 bits per heavy atom. The molecule has 0 fully saturated rings. The van der Waals surface area contributed by atoms with Gasteiger partial charge < -0.3 is 32.1 Å². The number of rotatable bonds is 11. The van der Waals surface area contributed by atoms with Gasteiger partial charge in [0.25, 0.3) is 0 Å². The molecule has 0 radical (unpaired) electrons. The second kappa shape index (κ2) is 12.0. The highest BCUT2D eigenvalue weighted by Crippen LogP contribution is 2.03. The third-order valence-corrected chi connectivity index (χ3v) is 3.43. The summed E-state index contributed by atoms with van der Waals surface area (Å²) in [6.45, 7) is -1.70. The molecule has 1 aromatic rings. The molecule has 152 valence electrons. The molecule has 7 N–H and O–H groups in total. The lowest BCUT2D eigenvalue weighted by Gasteiger charge is -2.18. The van der Waals surface area contributed by atoms with E-state index in [9.17, 15) is 24.0 Å². The predicted octanol–water partition coefficient (Wildman–Crippen LogP) is -2.89. The summed E-state index contributed by atoms with van der Waals surface area (Å²) in [6, 6.07) is 8.04. The highest BCUT2D eigenvalue weighted by atomic mass is 16.4. The highest BCUT2D eigenvalue weighted by Gasteiger charge is 2.21. The van der Waals surface area contributed by atoms with Gasteiger partial charge in [0.1, 0.15) is 12.6 Å². The van der Waals surface area contributed by atoms with E-state index in [1.54, 1.807) is 24.3 Å². The van der Waals surface area contributed by atoms with Gasteiger partial charge in [-0.25, -0.2) is 0 Å². The van der Waals surface area contributed by atoms with Gasteiger partial charge >= 0.3 is 5.97 Å². The fraction of sp³-hybridized carbons (Fsp3) is 0.353. The molecular weight excluding hydrogens is 370 g/mol. The molecule has 28 heavy (non-hydrogen) atoms. The fourth-order valence-corrected chi connectivity index (χ4v) is 2.08. The first-order valence-corrected chi connectivity index (χ1v) is 8.38. The monoisotopic (exact) mass is 393 g/mol. The summed E-state index contributed by atoms with van der Waals surface area (Å²) in [7, 11) is 0. The van der Waals surface area contributed by atoms with Crippen molar-refractivity contribution in [1.82, 2.24) is 21.3 Å². The molecule has 1 atom stereocenters. The number of aliphatic carboxylic acids is 1. The number of carbonyl (C=O) groups excluding carboxylic acids is 4. The molecule has 0 bridgehead atoms. The van der Waals surface area contributed by atoms with Gasteiger partial charge in [-0.05, 0) is 5.56 Å². The molecule has 11 heteroatoms. The van der Waals surface area contributed by atoms with E-state index >= 15 is 0 Å². The van der Waals surface area contributed by atoms with Crippen molar-refractivity contribution in [2.45, 2.75) is 12.5 Å². The maximum atomic E-state index is 12.3. The Kier molecular flexibility index (Phi) is 9.68. The van der Waals surface area contributed by atoms with Crippen LogP contribution in [-0.2, 0) is 30.4 Å². The van der Waals surface area contributed by atoms with E-state index in [1.165, 1.54) is 0 Å². The Balaban J connectivity index is 2.50. The normalized spacial score (nSPS) is 11.0. The van der Waals surface area contributed by atoms with Crippen LogP contribution in [0.5, 0.6) is 0 Å². The van der Waals surface area contributed by atoms with E-state index in [1.807, 2.05) is 6.07 Å². The topological polar surface area (TPSA) is 180 Å². The van der Waals surface area contributed by atoms with Gasteiger partial charge in [-0.15, -0.1) is 0 Å². The van der Waals surface area contributed by atoms with E-state index < -0.39 is 55.3 Å². The average Bonchev–Trinajstić information content (AvgIpc) is 2.68. The van der Waals surface area contributed by atoms with Crippen LogP contribution in [0.15, 0.2) is 30.3 Å². The average molecular weight is 393 g/mol. The standard InChI is InChI=1S/C17H23N5O6/c18-7-13(23)22-12(6-11-4-2-1-3-5-11)17(28)21-9-15(25)19-8-14(24)20-10-16(26)27/h1-5,12H,6-10,18H2,(H,19,25)(H,20,24)(H,21,28)(H,22,23)(H,26,27)/t12-/m0/s1. The summed E-state index contributed by atoms with van der Waals surface area (Å²) in [5.41, 5.74) is 6.07. The number of carbonyl (C=O) groups is 5. The molecule has 0 aromatic heterocycles. The Morgan fingerprint density at radius 2 is 1.43 bits per heavy atom.